The smallest absolute Gasteiger partial charge is 0.275 e. The third-order valence-electron chi connectivity index (χ3n) is 2.93. The van der Waals surface area contributed by atoms with Gasteiger partial charge in [0.1, 0.15) is 0 Å². The van der Waals surface area contributed by atoms with Crippen LogP contribution in [0.25, 0.3) is 0 Å². The highest BCUT2D eigenvalue weighted by Crippen LogP contribution is 2.28. The van der Waals surface area contributed by atoms with Crippen LogP contribution in [-0.4, -0.2) is 4.92 Å². The molecule has 0 fully saturated rings. The van der Waals surface area contributed by atoms with Crippen LogP contribution >= 0.6 is 27.5 Å². The normalized spacial score (nSPS) is 10.3. The number of benzene rings is 2. The summed E-state index contributed by atoms with van der Waals surface area (Å²) in [5, 5.41) is 14.6. The molecule has 0 unspecified atom stereocenters. The van der Waals surface area contributed by atoms with E-state index in [9.17, 15) is 10.1 Å². The molecule has 0 aliphatic heterocycles. The lowest BCUT2D eigenvalue weighted by molar-refractivity contribution is -0.385. The lowest BCUT2D eigenvalue weighted by atomic mass is 10.1. The van der Waals surface area contributed by atoms with Crippen molar-refractivity contribution < 1.29 is 4.92 Å². The van der Waals surface area contributed by atoms with E-state index in [1.54, 1.807) is 12.1 Å². The van der Waals surface area contributed by atoms with Gasteiger partial charge in [0.25, 0.3) is 5.69 Å². The molecule has 0 radical (unpaired) electrons. The Bertz CT molecular complexity index is 662. The third kappa shape index (κ3) is 3.29. The summed E-state index contributed by atoms with van der Waals surface area (Å²) >= 11 is 9.45. The molecule has 0 atom stereocenters. The van der Waals surface area contributed by atoms with Crippen LogP contribution < -0.4 is 5.32 Å². The number of anilines is 1. The van der Waals surface area contributed by atoms with Gasteiger partial charge < -0.3 is 5.32 Å². The van der Waals surface area contributed by atoms with Gasteiger partial charge in [0.2, 0.25) is 0 Å². The SMILES string of the molecule is Cc1cc(Br)ccc1NCc1c(Cl)cccc1[N+](=O)[O-]. The second kappa shape index (κ2) is 6.24. The Morgan fingerprint density at radius 2 is 2.10 bits per heavy atom. The molecule has 0 saturated heterocycles. The Morgan fingerprint density at radius 3 is 2.75 bits per heavy atom. The fourth-order valence-electron chi connectivity index (χ4n) is 1.90. The van der Waals surface area contributed by atoms with Crippen molar-refractivity contribution in [3.8, 4) is 0 Å². The van der Waals surface area contributed by atoms with Gasteiger partial charge >= 0.3 is 0 Å². The summed E-state index contributed by atoms with van der Waals surface area (Å²) in [6.45, 7) is 2.27. The van der Waals surface area contributed by atoms with E-state index in [1.807, 2.05) is 25.1 Å². The Labute approximate surface area is 130 Å². The summed E-state index contributed by atoms with van der Waals surface area (Å²) in [6.07, 6.45) is 0. The highest BCUT2D eigenvalue weighted by atomic mass is 79.9. The van der Waals surface area contributed by atoms with Crippen molar-refractivity contribution in [2.45, 2.75) is 13.5 Å². The highest BCUT2D eigenvalue weighted by molar-refractivity contribution is 9.10. The van der Waals surface area contributed by atoms with E-state index in [-0.39, 0.29) is 5.69 Å². The number of nitrogens with zero attached hydrogens (tertiary/aromatic N) is 1. The van der Waals surface area contributed by atoms with Crippen molar-refractivity contribution in [3.05, 3.63) is 67.1 Å². The lowest BCUT2D eigenvalue weighted by Crippen LogP contribution is -2.05. The van der Waals surface area contributed by atoms with Crippen LogP contribution in [0.15, 0.2) is 40.9 Å². The van der Waals surface area contributed by atoms with Gasteiger partial charge in [0, 0.05) is 22.8 Å². The predicted octanol–water partition coefficient (Wildman–Crippen LogP) is 4.93. The summed E-state index contributed by atoms with van der Waals surface area (Å²) in [7, 11) is 0. The van der Waals surface area contributed by atoms with Crippen molar-refractivity contribution >= 4 is 38.9 Å². The van der Waals surface area contributed by atoms with E-state index in [0.717, 1.165) is 15.7 Å². The van der Waals surface area contributed by atoms with E-state index in [4.69, 9.17) is 11.6 Å². The Hall–Kier alpha value is -1.59. The topological polar surface area (TPSA) is 55.2 Å². The van der Waals surface area contributed by atoms with E-state index >= 15 is 0 Å². The van der Waals surface area contributed by atoms with Gasteiger partial charge in [-0.05, 0) is 36.8 Å². The van der Waals surface area contributed by atoms with Crippen LogP contribution in [0.2, 0.25) is 5.02 Å². The molecule has 104 valence electrons. The summed E-state index contributed by atoms with van der Waals surface area (Å²) in [5.74, 6) is 0. The van der Waals surface area contributed by atoms with Gasteiger partial charge in [-0.3, -0.25) is 10.1 Å². The van der Waals surface area contributed by atoms with Gasteiger partial charge in [-0.15, -0.1) is 0 Å². The fourth-order valence-corrected chi connectivity index (χ4v) is 2.61. The first-order chi connectivity index (χ1) is 9.49. The monoisotopic (exact) mass is 354 g/mol. The maximum Gasteiger partial charge on any atom is 0.275 e. The minimum atomic E-state index is -0.419. The van der Waals surface area contributed by atoms with Crippen LogP contribution in [0, 0.1) is 17.0 Å². The van der Waals surface area contributed by atoms with Crippen LogP contribution in [0.3, 0.4) is 0 Å². The second-order valence-corrected chi connectivity index (χ2v) is 5.63. The molecule has 0 saturated carbocycles. The molecule has 1 N–H and O–H groups in total. The zero-order valence-corrected chi connectivity index (χ0v) is 13.0. The number of halogens is 2. The van der Waals surface area contributed by atoms with Crippen molar-refractivity contribution in [2.75, 3.05) is 5.32 Å². The molecule has 0 heterocycles. The maximum absolute atomic E-state index is 11.0. The molecule has 0 bridgehead atoms. The maximum atomic E-state index is 11.0. The molecule has 2 aromatic carbocycles. The van der Waals surface area contributed by atoms with Crippen LogP contribution in [-0.2, 0) is 6.54 Å². The van der Waals surface area contributed by atoms with Gasteiger partial charge in [0.05, 0.1) is 15.5 Å². The number of nitro groups is 1. The first kappa shape index (κ1) is 14.8. The average molecular weight is 356 g/mol. The number of hydrogen-bond donors (Lipinski definition) is 1. The minimum absolute atomic E-state index is 0.0276. The van der Waals surface area contributed by atoms with Crippen molar-refractivity contribution in [2.24, 2.45) is 0 Å². The third-order valence-corrected chi connectivity index (χ3v) is 3.78. The summed E-state index contributed by atoms with van der Waals surface area (Å²) < 4.78 is 0.990. The molecular weight excluding hydrogens is 344 g/mol. The van der Waals surface area contributed by atoms with Gasteiger partial charge in [-0.1, -0.05) is 33.6 Å². The van der Waals surface area contributed by atoms with Crippen LogP contribution in [0.5, 0.6) is 0 Å². The van der Waals surface area contributed by atoms with Gasteiger partial charge in [0.15, 0.2) is 0 Å². The number of nitrogens with one attached hydrogen (secondary N) is 1. The Kier molecular flexibility index (Phi) is 4.62. The van der Waals surface area contributed by atoms with Crippen LogP contribution in [0.4, 0.5) is 11.4 Å². The molecule has 4 nitrogen and oxygen atoms in total. The summed E-state index contributed by atoms with van der Waals surface area (Å²) in [6, 6.07) is 10.5. The van der Waals surface area contributed by atoms with Crippen LogP contribution in [0.1, 0.15) is 11.1 Å². The molecule has 6 heteroatoms. The van der Waals surface area contributed by atoms with Gasteiger partial charge in [-0.25, -0.2) is 0 Å². The van der Waals surface area contributed by atoms with E-state index < -0.39 is 4.92 Å². The van der Waals surface area contributed by atoms with Crippen molar-refractivity contribution in [1.82, 2.24) is 0 Å². The van der Waals surface area contributed by atoms with E-state index in [2.05, 4.69) is 21.2 Å². The molecular formula is C14H12BrClN2O2. The fraction of sp³-hybridized carbons (Fsp3) is 0.143. The quantitative estimate of drug-likeness (QED) is 0.625. The standard InChI is InChI=1S/C14H12BrClN2O2/c1-9-7-10(15)5-6-13(9)17-8-11-12(16)3-2-4-14(11)18(19)20/h2-7,17H,8H2,1H3. The zero-order chi connectivity index (χ0) is 14.7. The first-order valence-electron chi connectivity index (χ1n) is 5.91. The molecule has 0 aliphatic carbocycles. The predicted molar refractivity (Wildman–Crippen MR) is 84.3 cm³/mol. The zero-order valence-electron chi connectivity index (χ0n) is 10.7. The molecule has 0 aromatic heterocycles. The molecule has 2 rings (SSSR count). The second-order valence-electron chi connectivity index (χ2n) is 4.31. The van der Waals surface area contributed by atoms with E-state index in [1.165, 1.54) is 6.07 Å². The Morgan fingerprint density at radius 1 is 1.35 bits per heavy atom. The number of rotatable bonds is 4. The average Bonchev–Trinajstić information content (AvgIpc) is 2.38. The number of nitro benzene ring substituents is 1. The largest absolute Gasteiger partial charge is 0.380 e. The highest BCUT2D eigenvalue weighted by Gasteiger charge is 2.16. The number of aryl methyl sites for hydroxylation is 1. The molecule has 0 amide bonds. The molecule has 20 heavy (non-hydrogen) atoms. The Balaban J connectivity index is 2.25. The minimum Gasteiger partial charge on any atom is -0.380 e. The molecule has 0 spiro atoms. The van der Waals surface area contributed by atoms with Crippen molar-refractivity contribution in [1.29, 1.82) is 0 Å². The lowest BCUT2D eigenvalue weighted by Gasteiger charge is -2.11. The summed E-state index contributed by atoms with van der Waals surface area (Å²) in [4.78, 5) is 10.6. The van der Waals surface area contributed by atoms with E-state index in [0.29, 0.717) is 17.1 Å². The summed E-state index contributed by atoms with van der Waals surface area (Å²) in [5.41, 5.74) is 2.48. The molecule has 0 aliphatic rings. The van der Waals surface area contributed by atoms with Crippen molar-refractivity contribution in [3.63, 3.8) is 0 Å². The first-order valence-corrected chi connectivity index (χ1v) is 7.08. The van der Waals surface area contributed by atoms with Gasteiger partial charge in [-0.2, -0.15) is 0 Å². The molecule has 2 aromatic rings. The number of hydrogen-bond acceptors (Lipinski definition) is 3.